The lowest BCUT2D eigenvalue weighted by Gasteiger charge is -2.31. The summed E-state index contributed by atoms with van der Waals surface area (Å²) in [4.78, 5) is 17.9. The molecule has 1 fully saturated rings. The molecule has 1 atom stereocenters. The number of benzene rings is 2. The fourth-order valence-electron chi connectivity index (χ4n) is 4.77. The van der Waals surface area contributed by atoms with Crippen molar-refractivity contribution in [1.29, 1.82) is 0 Å². The van der Waals surface area contributed by atoms with E-state index in [1.54, 1.807) is 0 Å². The lowest BCUT2D eigenvalue weighted by molar-refractivity contribution is 0.0316. The van der Waals surface area contributed by atoms with Crippen LogP contribution in [0, 0.1) is 6.92 Å². The van der Waals surface area contributed by atoms with Gasteiger partial charge in [-0.05, 0) is 31.0 Å². The van der Waals surface area contributed by atoms with E-state index in [-0.39, 0.29) is 11.9 Å². The van der Waals surface area contributed by atoms with Gasteiger partial charge in [0, 0.05) is 37.3 Å². The molecule has 34 heavy (non-hydrogen) atoms. The number of rotatable bonds is 8. The second kappa shape index (κ2) is 9.99. The molecule has 0 aliphatic carbocycles. The Labute approximate surface area is 200 Å². The maximum absolute atomic E-state index is 13.6. The number of hydrogen-bond acceptors (Lipinski definition) is 5. The van der Waals surface area contributed by atoms with Crippen molar-refractivity contribution in [2.75, 3.05) is 46.0 Å². The Hall–Kier alpha value is -3.16. The van der Waals surface area contributed by atoms with E-state index in [4.69, 9.17) is 9.47 Å². The number of ether oxygens (including phenoxy) is 2. The van der Waals surface area contributed by atoms with Crippen LogP contribution in [0.4, 0.5) is 0 Å². The molecule has 0 radical (unpaired) electrons. The fourth-order valence-corrected chi connectivity index (χ4v) is 4.77. The minimum absolute atomic E-state index is 0.000925. The number of aromatic amines is 1. The zero-order valence-electron chi connectivity index (χ0n) is 19.9. The summed E-state index contributed by atoms with van der Waals surface area (Å²) in [6.45, 7) is 9.57. The zero-order valence-corrected chi connectivity index (χ0v) is 19.9. The molecule has 3 aromatic rings. The summed E-state index contributed by atoms with van der Waals surface area (Å²) in [7, 11) is 0. The Morgan fingerprint density at radius 1 is 1.12 bits per heavy atom. The van der Waals surface area contributed by atoms with Gasteiger partial charge in [-0.1, -0.05) is 48.9 Å². The lowest BCUT2D eigenvalue weighted by Crippen LogP contribution is -2.42. The van der Waals surface area contributed by atoms with E-state index in [1.165, 1.54) is 5.56 Å². The first-order valence-electron chi connectivity index (χ1n) is 12.1. The summed E-state index contributed by atoms with van der Waals surface area (Å²) in [6, 6.07) is 16.2. The van der Waals surface area contributed by atoms with Crippen LogP contribution in [0.2, 0.25) is 0 Å². The molecule has 7 heteroatoms. The first-order valence-corrected chi connectivity index (χ1v) is 12.1. The third-order valence-electron chi connectivity index (χ3n) is 6.60. The minimum Gasteiger partial charge on any atom is -0.494 e. The van der Waals surface area contributed by atoms with Gasteiger partial charge in [0.15, 0.2) is 0 Å². The van der Waals surface area contributed by atoms with Gasteiger partial charge in [0.2, 0.25) is 0 Å². The van der Waals surface area contributed by atoms with E-state index in [0.29, 0.717) is 18.8 Å². The number of H-pyrrole nitrogens is 1. The molecule has 1 amide bonds. The highest BCUT2D eigenvalue weighted by molar-refractivity contribution is 6.00. The van der Waals surface area contributed by atoms with Crippen molar-refractivity contribution in [2.45, 2.75) is 26.3 Å². The van der Waals surface area contributed by atoms with Gasteiger partial charge in [-0.25, -0.2) is 0 Å². The standard InChI is InChI=1S/C27H32N4O3/c1-3-15-34-22-6-4-5-21(18-22)26-23-24(20-9-7-19(2)8-10-20)28-29-25(23)27(32)31(26)12-11-30-13-16-33-17-14-30/h4-10,18,26H,3,11-17H2,1-2H3,(H,28,29). The molecule has 1 saturated heterocycles. The highest BCUT2D eigenvalue weighted by Crippen LogP contribution is 2.43. The Morgan fingerprint density at radius 3 is 2.68 bits per heavy atom. The molecule has 5 rings (SSSR count). The smallest absolute Gasteiger partial charge is 0.273 e. The molecular formula is C27H32N4O3. The second-order valence-electron chi connectivity index (χ2n) is 9.00. The van der Waals surface area contributed by atoms with Gasteiger partial charge in [-0.15, -0.1) is 0 Å². The molecule has 1 unspecified atom stereocenters. The first kappa shape index (κ1) is 22.6. The molecule has 0 bridgehead atoms. The number of hydrogen-bond donors (Lipinski definition) is 1. The average molecular weight is 461 g/mol. The molecular weight excluding hydrogens is 428 g/mol. The van der Waals surface area contributed by atoms with Crippen molar-refractivity contribution in [2.24, 2.45) is 0 Å². The van der Waals surface area contributed by atoms with Crippen molar-refractivity contribution in [3.63, 3.8) is 0 Å². The number of nitrogens with zero attached hydrogens (tertiary/aromatic N) is 3. The summed E-state index contributed by atoms with van der Waals surface area (Å²) < 4.78 is 11.4. The Bertz CT molecular complexity index is 1140. The predicted octanol–water partition coefficient (Wildman–Crippen LogP) is 4.05. The van der Waals surface area contributed by atoms with Crippen LogP contribution in [0.15, 0.2) is 48.5 Å². The number of morpholine rings is 1. The number of aromatic nitrogens is 2. The molecule has 2 aliphatic heterocycles. The summed E-state index contributed by atoms with van der Waals surface area (Å²) in [5, 5.41) is 7.65. The molecule has 2 aromatic carbocycles. The maximum atomic E-state index is 13.6. The predicted molar refractivity (Wildman–Crippen MR) is 131 cm³/mol. The fraction of sp³-hybridized carbons (Fsp3) is 0.407. The first-order chi connectivity index (χ1) is 16.7. The van der Waals surface area contributed by atoms with Gasteiger partial charge in [-0.2, -0.15) is 5.10 Å². The summed E-state index contributed by atoms with van der Waals surface area (Å²) in [5.41, 5.74) is 5.61. The third-order valence-corrected chi connectivity index (χ3v) is 6.60. The van der Waals surface area contributed by atoms with Crippen molar-refractivity contribution < 1.29 is 14.3 Å². The van der Waals surface area contributed by atoms with Crippen LogP contribution < -0.4 is 4.74 Å². The molecule has 7 nitrogen and oxygen atoms in total. The molecule has 0 saturated carbocycles. The Kier molecular flexibility index (Phi) is 6.65. The average Bonchev–Trinajstić information content (AvgIpc) is 3.41. The van der Waals surface area contributed by atoms with Gasteiger partial charge in [0.1, 0.15) is 11.4 Å². The number of nitrogens with one attached hydrogen (secondary N) is 1. The van der Waals surface area contributed by atoms with Crippen molar-refractivity contribution in [3.05, 3.63) is 70.9 Å². The summed E-state index contributed by atoms with van der Waals surface area (Å²) >= 11 is 0. The van der Waals surface area contributed by atoms with Crippen LogP contribution in [0.5, 0.6) is 5.75 Å². The highest BCUT2D eigenvalue weighted by Gasteiger charge is 2.42. The van der Waals surface area contributed by atoms with E-state index < -0.39 is 0 Å². The van der Waals surface area contributed by atoms with Crippen LogP contribution in [0.1, 0.15) is 46.6 Å². The maximum Gasteiger partial charge on any atom is 0.273 e. The second-order valence-corrected chi connectivity index (χ2v) is 9.00. The monoisotopic (exact) mass is 460 g/mol. The van der Waals surface area contributed by atoms with Gasteiger partial charge in [0.05, 0.1) is 31.6 Å². The molecule has 3 heterocycles. The molecule has 2 aliphatic rings. The number of amides is 1. The molecule has 0 spiro atoms. The van der Waals surface area contributed by atoms with Gasteiger partial charge in [0.25, 0.3) is 5.91 Å². The van der Waals surface area contributed by atoms with Gasteiger partial charge < -0.3 is 14.4 Å². The zero-order chi connectivity index (χ0) is 23.5. The van der Waals surface area contributed by atoms with E-state index in [0.717, 1.165) is 67.4 Å². The third kappa shape index (κ3) is 4.45. The number of carbonyl (C=O) groups excluding carboxylic acids is 1. The van der Waals surface area contributed by atoms with Crippen LogP contribution >= 0.6 is 0 Å². The molecule has 1 aromatic heterocycles. The quantitative estimate of drug-likeness (QED) is 0.549. The Balaban J connectivity index is 1.52. The van der Waals surface area contributed by atoms with Crippen molar-refractivity contribution in [1.82, 2.24) is 20.0 Å². The Morgan fingerprint density at radius 2 is 1.91 bits per heavy atom. The lowest BCUT2D eigenvalue weighted by atomic mass is 9.95. The summed E-state index contributed by atoms with van der Waals surface area (Å²) in [6.07, 6.45) is 0.946. The normalized spacial score (nSPS) is 18.4. The topological polar surface area (TPSA) is 70.7 Å². The van der Waals surface area contributed by atoms with Gasteiger partial charge in [-0.3, -0.25) is 14.8 Å². The number of carbonyl (C=O) groups is 1. The SMILES string of the molecule is CCCOc1cccc(C2c3c(-c4ccc(C)cc4)n[nH]c3C(=O)N2CCN2CCOCC2)c1. The van der Waals surface area contributed by atoms with Crippen LogP contribution in [0.3, 0.4) is 0 Å². The van der Waals surface area contributed by atoms with Crippen LogP contribution in [-0.4, -0.2) is 71.9 Å². The van der Waals surface area contributed by atoms with Crippen LogP contribution in [-0.2, 0) is 4.74 Å². The van der Waals surface area contributed by atoms with E-state index >= 15 is 0 Å². The largest absolute Gasteiger partial charge is 0.494 e. The van der Waals surface area contributed by atoms with Crippen molar-refractivity contribution >= 4 is 5.91 Å². The number of aryl methyl sites for hydroxylation is 1. The van der Waals surface area contributed by atoms with Crippen LogP contribution in [0.25, 0.3) is 11.3 Å². The highest BCUT2D eigenvalue weighted by atomic mass is 16.5. The van der Waals surface area contributed by atoms with Gasteiger partial charge >= 0.3 is 0 Å². The summed E-state index contributed by atoms with van der Waals surface area (Å²) in [5.74, 6) is 0.827. The minimum atomic E-state index is -0.219. The molecule has 1 N–H and O–H groups in total. The number of fused-ring (bicyclic) bond motifs is 1. The molecule has 178 valence electrons. The van der Waals surface area contributed by atoms with Crippen molar-refractivity contribution in [3.8, 4) is 17.0 Å². The van der Waals surface area contributed by atoms with E-state index in [2.05, 4.69) is 65.3 Å². The van der Waals surface area contributed by atoms with E-state index in [9.17, 15) is 4.79 Å². The van der Waals surface area contributed by atoms with E-state index in [1.807, 2.05) is 17.0 Å².